The van der Waals surface area contributed by atoms with Gasteiger partial charge in [-0.25, -0.2) is 0 Å². The Bertz CT molecular complexity index is 92.6. The normalized spacial score (nSPS) is 32.5. The summed E-state index contributed by atoms with van der Waals surface area (Å²) in [5.41, 5.74) is 0. The smallest absolute Gasteiger partial charge is 0.0355 e. The molecule has 0 amide bonds. The first-order valence-electron chi connectivity index (χ1n) is 5.70. The molecule has 0 aliphatic heterocycles. The minimum atomic E-state index is 0.930. The van der Waals surface area contributed by atoms with Crippen LogP contribution in [0.1, 0.15) is 58.8 Å². The highest BCUT2D eigenvalue weighted by Gasteiger charge is 2.14. The van der Waals surface area contributed by atoms with Crippen molar-refractivity contribution in [3.63, 3.8) is 0 Å². The van der Waals surface area contributed by atoms with Crippen molar-refractivity contribution in [3.05, 3.63) is 6.42 Å². The SMILES string of the molecule is CCC1[CH]CCCC(CC)CC1. The van der Waals surface area contributed by atoms with Gasteiger partial charge in [0.15, 0.2) is 0 Å². The molecule has 12 heavy (non-hydrogen) atoms. The maximum absolute atomic E-state index is 2.56. The van der Waals surface area contributed by atoms with Crippen LogP contribution in [0.15, 0.2) is 0 Å². The van der Waals surface area contributed by atoms with Crippen LogP contribution >= 0.6 is 0 Å². The van der Waals surface area contributed by atoms with Crippen LogP contribution in [0, 0.1) is 18.3 Å². The monoisotopic (exact) mass is 167 g/mol. The molecule has 0 nitrogen and oxygen atoms in total. The fourth-order valence-corrected chi connectivity index (χ4v) is 2.25. The molecule has 2 unspecified atom stereocenters. The highest BCUT2D eigenvalue weighted by atomic mass is 14.2. The Balaban J connectivity index is 2.28. The van der Waals surface area contributed by atoms with Gasteiger partial charge in [0.2, 0.25) is 0 Å². The van der Waals surface area contributed by atoms with Crippen molar-refractivity contribution >= 4 is 0 Å². The lowest BCUT2D eigenvalue weighted by Crippen LogP contribution is -2.09. The lowest BCUT2D eigenvalue weighted by Gasteiger charge is -2.22. The van der Waals surface area contributed by atoms with Crippen LogP contribution in [0.4, 0.5) is 0 Å². The number of hydrogen-bond acceptors (Lipinski definition) is 0. The second-order valence-electron chi connectivity index (χ2n) is 4.19. The van der Waals surface area contributed by atoms with Gasteiger partial charge in [0.25, 0.3) is 0 Å². The quantitative estimate of drug-likeness (QED) is 0.578. The molecule has 0 aromatic carbocycles. The number of rotatable bonds is 2. The van der Waals surface area contributed by atoms with Gasteiger partial charge in [0, 0.05) is 0 Å². The molecule has 0 bridgehead atoms. The van der Waals surface area contributed by atoms with Crippen molar-refractivity contribution in [1.29, 1.82) is 0 Å². The first kappa shape index (κ1) is 10.1. The first-order valence-corrected chi connectivity index (χ1v) is 5.70. The molecule has 0 spiro atoms. The zero-order valence-corrected chi connectivity index (χ0v) is 8.68. The predicted octanol–water partition coefficient (Wildman–Crippen LogP) is 4.21. The van der Waals surface area contributed by atoms with E-state index in [4.69, 9.17) is 0 Å². The molecular weight excluding hydrogens is 144 g/mol. The van der Waals surface area contributed by atoms with E-state index in [-0.39, 0.29) is 0 Å². The van der Waals surface area contributed by atoms with Gasteiger partial charge in [-0.05, 0) is 31.1 Å². The third-order valence-corrected chi connectivity index (χ3v) is 3.36. The molecule has 0 heterocycles. The second kappa shape index (κ2) is 5.61. The van der Waals surface area contributed by atoms with Crippen LogP contribution in [0.5, 0.6) is 0 Å². The van der Waals surface area contributed by atoms with E-state index in [9.17, 15) is 0 Å². The summed E-state index contributed by atoms with van der Waals surface area (Å²) in [6.45, 7) is 4.67. The van der Waals surface area contributed by atoms with Gasteiger partial charge in [-0.3, -0.25) is 0 Å². The van der Waals surface area contributed by atoms with Crippen LogP contribution in [0.3, 0.4) is 0 Å². The van der Waals surface area contributed by atoms with Crippen molar-refractivity contribution in [2.45, 2.75) is 58.8 Å². The van der Waals surface area contributed by atoms with E-state index in [2.05, 4.69) is 20.3 Å². The van der Waals surface area contributed by atoms with E-state index in [0.29, 0.717) is 0 Å². The van der Waals surface area contributed by atoms with Gasteiger partial charge in [-0.1, -0.05) is 46.0 Å². The summed E-state index contributed by atoms with van der Waals surface area (Å²) in [6.07, 6.45) is 12.5. The molecule has 0 aromatic heterocycles. The van der Waals surface area contributed by atoms with E-state index in [1.165, 1.54) is 44.9 Å². The van der Waals surface area contributed by atoms with Crippen LogP contribution < -0.4 is 0 Å². The third kappa shape index (κ3) is 3.16. The summed E-state index contributed by atoms with van der Waals surface area (Å²) in [7, 11) is 0. The summed E-state index contributed by atoms with van der Waals surface area (Å²) in [5, 5.41) is 0. The molecule has 0 N–H and O–H groups in total. The molecule has 0 heteroatoms. The summed E-state index contributed by atoms with van der Waals surface area (Å²) in [6, 6.07) is 0. The fourth-order valence-electron chi connectivity index (χ4n) is 2.25. The molecular formula is C12H23. The van der Waals surface area contributed by atoms with Gasteiger partial charge in [0.05, 0.1) is 0 Å². The minimum absolute atomic E-state index is 0.930. The van der Waals surface area contributed by atoms with E-state index in [1.54, 1.807) is 0 Å². The summed E-state index contributed by atoms with van der Waals surface area (Å²) in [4.78, 5) is 0. The fraction of sp³-hybridized carbons (Fsp3) is 0.917. The van der Waals surface area contributed by atoms with Crippen molar-refractivity contribution in [3.8, 4) is 0 Å². The Kier molecular flexibility index (Phi) is 4.72. The molecule has 1 fully saturated rings. The summed E-state index contributed by atoms with van der Waals surface area (Å²) >= 11 is 0. The highest BCUT2D eigenvalue weighted by Crippen LogP contribution is 2.28. The number of hydrogen-bond donors (Lipinski definition) is 0. The largest absolute Gasteiger partial charge is 0.0651 e. The Hall–Kier alpha value is 0. The molecule has 0 aromatic rings. The molecule has 71 valence electrons. The van der Waals surface area contributed by atoms with Gasteiger partial charge < -0.3 is 0 Å². The van der Waals surface area contributed by atoms with Crippen molar-refractivity contribution in [2.75, 3.05) is 0 Å². The zero-order valence-electron chi connectivity index (χ0n) is 8.68. The molecule has 1 radical (unpaired) electrons. The van der Waals surface area contributed by atoms with Gasteiger partial charge in [-0.15, -0.1) is 0 Å². The Labute approximate surface area is 77.7 Å². The van der Waals surface area contributed by atoms with Gasteiger partial charge >= 0.3 is 0 Å². The Morgan fingerprint density at radius 3 is 2.58 bits per heavy atom. The Morgan fingerprint density at radius 1 is 1.08 bits per heavy atom. The summed E-state index contributed by atoms with van der Waals surface area (Å²) in [5.74, 6) is 1.96. The van der Waals surface area contributed by atoms with E-state index in [1.807, 2.05) is 0 Å². The summed E-state index contributed by atoms with van der Waals surface area (Å²) < 4.78 is 0. The van der Waals surface area contributed by atoms with Crippen LogP contribution in [0.2, 0.25) is 0 Å². The highest BCUT2D eigenvalue weighted by molar-refractivity contribution is 4.79. The third-order valence-electron chi connectivity index (χ3n) is 3.36. The van der Waals surface area contributed by atoms with Crippen LogP contribution in [0.25, 0.3) is 0 Å². The lowest BCUT2D eigenvalue weighted by atomic mass is 9.83. The van der Waals surface area contributed by atoms with E-state index in [0.717, 1.165) is 11.8 Å². The maximum atomic E-state index is 2.56. The molecule has 1 aliphatic rings. The van der Waals surface area contributed by atoms with Gasteiger partial charge in [0.1, 0.15) is 0 Å². The van der Waals surface area contributed by atoms with Crippen molar-refractivity contribution < 1.29 is 0 Å². The lowest BCUT2D eigenvalue weighted by molar-refractivity contribution is 0.344. The van der Waals surface area contributed by atoms with Crippen molar-refractivity contribution in [2.24, 2.45) is 11.8 Å². The van der Waals surface area contributed by atoms with Gasteiger partial charge in [-0.2, -0.15) is 0 Å². The molecule has 1 rings (SSSR count). The zero-order chi connectivity index (χ0) is 8.81. The molecule has 0 saturated heterocycles. The minimum Gasteiger partial charge on any atom is -0.0651 e. The average molecular weight is 167 g/mol. The molecule has 1 saturated carbocycles. The Morgan fingerprint density at radius 2 is 1.92 bits per heavy atom. The van der Waals surface area contributed by atoms with Crippen molar-refractivity contribution in [1.82, 2.24) is 0 Å². The first-order chi connectivity index (χ1) is 5.86. The maximum Gasteiger partial charge on any atom is -0.0355 e. The predicted molar refractivity (Wildman–Crippen MR) is 54.9 cm³/mol. The van der Waals surface area contributed by atoms with Crippen LogP contribution in [-0.4, -0.2) is 0 Å². The van der Waals surface area contributed by atoms with E-state index < -0.39 is 0 Å². The average Bonchev–Trinajstić information content (AvgIpc) is 2.05. The standard InChI is InChI=1S/C12H23/c1-3-11-7-5-6-8-12(4-2)10-9-11/h7,11-12H,3-6,8-10H2,1-2H3. The molecule has 2 atom stereocenters. The second-order valence-corrected chi connectivity index (χ2v) is 4.19. The molecule has 1 aliphatic carbocycles. The topological polar surface area (TPSA) is 0 Å². The van der Waals surface area contributed by atoms with Crippen LogP contribution in [-0.2, 0) is 0 Å². The van der Waals surface area contributed by atoms with E-state index >= 15 is 0 Å².